The first-order chi connectivity index (χ1) is 12.8. The van der Waals surface area contributed by atoms with Gasteiger partial charge in [-0.3, -0.25) is 9.89 Å². The zero-order valence-corrected chi connectivity index (χ0v) is 20.5. The number of aliphatic imine (C=N–C) groups is 1. The third-order valence-corrected chi connectivity index (χ3v) is 6.21. The van der Waals surface area contributed by atoms with Crippen LogP contribution in [0.15, 0.2) is 28.1 Å². The number of halogens is 1. The Morgan fingerprint density at radius 2 is 1.79 bits per heavy atom. The molecule has 0 spiro atoms. The smallest absolute Gasteiger partial charge is 0.191 e. The van der Waals surface area contributed by atoms with Gasteiger partial charge in [-0.25, -0.2) is 8.42 Å². The van der Waals surface area contributed by atoms with Gasteiger partial charge < -0.3 is 15.5 Å². The molecule has 1 saturated heterocycles. The molecule has 2 N–H and O–H groups in total. The minimum absolute atomic E-state index is 0. The van der Waals surface area contributed by atoms with E-state index in [0.29, 0.717) is 11.4 Å². The number of benzene rings is 1. The van der Waals surface area contributed by atoms with E-state index < -0.39 is 9.84 Å². The Labute approximate surface area is 186 Å². The number of rotatable bonds is 7. The fourth-order valence-electron chi connectivity index (χ4n) is 3.31. The van der Waals surface area contributed by atoms with E-state index >= 15 is 0 Å². The SMILES string of the molecule is CCN1CCN(CCNC(=NC)NCc2ccc(S(C)(=O)=O)c(C)c2)CC1.I. The van der Waals surface area contributed by atoms with E-state index in [1.807, 2.05) is 19.1 Å². The summed E-state index contributed by atoms with van der Waals surface area (Å²) in [6.45, 7) is 12.1. The third-order valence-electron chi connectivity index (χ3n) is 4.95. The zero-order chi connectivity index (χ0) is 19.9. The van der Waals surface area contributed by atoms with Gasteiger partial charge >= 0.3 is 0 Å². The molecule has 9 heteroatoms. The predicted octanol–water partition coefficient (Wildman–Crippen LogP) is 1.32. The summed E-state index contributed by atoms with van der Waals surface area (Å²) in [6, 6.07) is 5.43. The highest BCUT2D eigenvalue weighted by Crippen LogP contribution is 2.16. The number of hydrogen-bond donors (Lipinski definition) is 2. The Kier molecular flexibility index (Phi) is 10.7. The molecule has 0 aliphatic carbocycles. The van der Waals surface area contributed by atoms with Gasteiger partial charge in [0.05, 0.1) is 4.90 Å². The van der Waals surface area contributed by atoms with E-state index in [2.05, 4.69) is 32.3 Å². The maximum atomic E-state index is 11.7. The molecule has 28 heavy (non-hydrogen) atoms. The van der Waals surface area contributed by atoms with Crippen LogP contribution in [-0.2, 0) is 16.4 Å². The van der Waals surface area contributed by atoms with Gasteiger partial charge in [-0.2, -0.15) is 0 Å². The van der Waals surface area contributed by atoms with Gasteiger partial charge in [0.15, 0.2) is 15.8 Å². The summed E-state index contributed by atoms with van der Waals surface area (Å²) in [4.78, 5) is 9.59. The predicted molar refractivity (Wildman–Crippen MR) is 126 cm³/mol. The molecule has 0 saturated carbocycles. The van der Waals surface area contributed by atoms with E-state index in [-0.39, 0.29) is 24.0 Å². The van der Waals surface area contributed by atoms with Gasteiger partial charge in [-0.1, -0.05) is 19.1 Å². The summed E-state index contributed by atoms with van der Waals surface area (Å²) in [5.74, 6) is 0.757. The van der Waals surface area contributed by atoms with Crippen molar-refractivity contribution in [2.45, 2.75) is 25.3 Å². The molecule has 0 unspecified atom stereocenters. The first kappa shape index (κ1) is 25.1. The number of nitrogens with one attached hydrogen (secondary N) is 2. The second kappa shape index (κ2) is 11.9. The summed E-state index contributed by atoms with van der Waals surface area (Å²) >= 11 is 0. The lowest BCUT2D eigenvalue weighted by Crippen LogP contribution is -2.49. The minimum atomic E-state index is -3.18. The van der Waals surface area contributed by atoms with Crippen LogP contribution in [0.3, 0.4) is 0 Å². The van der Waals surface area contributed by atoms with Crippen LogP contribution in [-0.4, -0.2) is 83.3 Å². The van der Waals surface area contributed by atoms with Gasteiger partial charge in [0.25, 0.3) is 0 Å². The average Bonchev–Trinajstić information content (AvgIpc) is 2.64. The highest BCUT2D eigenvalue weighted by atomic mass is 127. The summed E-state index contributed by atoms with van der Waals surface area (Å²) in [5, 5.41) is 6.64. The fourth-order valence-corrected chi connectivity index (χ4v) is 4.26. The molecule has 1 heterocycles. The van der Waals surface area contributed by atoms with Gasteiger partial charge in [0.1, 0.15) is 0 Å². The second-order valence-electron chi connectivity index (χ2n) is 7.00. The Bertz CT molecular complexity index is 747. The van der Waals surface area contributed by atoms with E-state index in [1.54, 1.807) is 13.1 Å². The Hall–Kier alpha value is -0.910. The highest BCUT2D eigenvalue weighted by molar-refractivity contribution is 14.0. The molecular weight excluding hydrogens is 489 g/mol. The molecule has 1 fully saturated rings. The number of likely N-dealkylation sites (N-methyl/N-ethyl adjacent to an activating group) is 1. The van der Waals surface area contributed by atoms with Crippen LogP contribution in [0.5, 0.6) is 0 Å². The number of guanidine groups is 1. The van der Waals surface area contributed by atoms with E-state index in [1.165, 1.54) is 6.26 Å². The molecule has 2 rings (SSSR count). The average molecular weight is 523 g/mol. The largest absolute Gasteiger partial charge is 0.355 e. The van der Waals surface area contributed by atoms with Crippen molar-refractivity contribution in [3.05, 3.63) is 29.3 Å². The normalized spacial score (nSPS) is 16.5. The van der Waals surface area contributed by atoms with Crippen LogP contribution in [0.1, 0.15) is 18.1 Å². The van der Waals surface area contributed by atoms with Crippen LogP contribution in [0, 0.1) is 6.92 Å². The van der Waals surface area contributed by atoms with Crippen molar-refractivity contribution in [2.24, 2.45) is 4.99 Å². The van der Waals surface area contributed by atoms with E-state index in [4.69, 9.17) is 0 Å². The molecule has 1 aromatic rings. The van der Waals surface area contributed by atoms with Crippen molar-refractivity contribution in [2.75, 3.05) is 59.1 Å². The first-order valence-corrected chi connectivity index (χ1v) is 11.4. The number of nitrogens with zero attached hydrogens (tertiary/aromatic N) is 3. The summed E-state index contributed by atoms with van der Waals surface area (Å²) in [5.41, 5.74) is 1.80. The first-order valence-electron chi connectivity index (χ1n) is 9.52. The number of sulfone groups is 1. The van der Waals surface area contributed by atoms with Crippen LogP contribution < -0.4 is 10.6 Å². The van der Waals surface area contributed by atoms with Crippen molar-refractivity contribution in [3.8, 4) is 0 Å². The molecule has 1 aliphatic rings. The third kappa shape index (κ3) is 7.84. The monoisotopic (exact) mass is 523 g/mol. The molecule has 0 radical (unpaired) electrons. The molecule has 160 valence electrons. The summed E-state index contributed by atoms with van der Waals surface area (Å²) in [7, 11) is -1.42. The van der Waals surface area contributed by atoms with Crippen molar-refractivity contribution in [3.63, 3.8) is 0 Å². The van der Waals surface area contributed by atoms with Crippen molar-refractivity contribution in [1.82, 2.24) is 20.4 Å². The van der Waals surface area contributed by atoms with E-state index in [9.17, 15) is 8.42 Å². The maximum Gasteiger partial charge on any atom is 0.191 e. The molecule has 0 bridgehead atoms. The molecule has 7 nitrogen and oxygen atoms in total. The summed E-state index contributed by atoms with van der Waals surface area (Å²) in [6.07, 6.45) is 1.24. The molecular formula is C19H34IN5O2S. The number of hydrogen-bond acceptors (Lipinski definition) is 5. The number of piperazine rings is 1. The van der Waals surface area contributed by atoms with Crippen LogP contribution in [0.4, 0.5) is 0 Å². The second-order valence-corrected chi connectivity index (χ2v) is 8.98. The Balaban J connectivity index is 0.00000392. The van der Waals surface area contributed by atoms with Crippen molar-refractivity contribution < 1.29 is 8.42 Å². The van der Waals surface area contributed by atoms with Crippen LogP contribution >= 0.6 is 24.0 Å². The minimum Gasteiger partial charge on any atom is -0.355 e. The van der Waals surface area contributed by atoms with Crippen molar-refractivity contribution in [1.29, 1.82) is 0 Å². The van der Waals surface area contributed by atoms with Gasteiger partial charge in [-0.05, 0) is 30.7 Å². The zero-order valence-electron chi connectivity index (χ0n) is 17.4. The fraction of sp³-hybridized carbons (Fsp3) is 0.632. The molecule has 0 amide bonds. The lowest BCUT2D eigenvalue weighted by molar-refractivity contribution is 0.139. The van der Waals surface area contributed by atoms with E-state index in [0.717, 1.165) is 62.9 Å². The van der Waals surface area contributed by atoms with Crippen LogP contribution in [0.25, 0.3) is 0 Å². The molecule has 0 atom stereocenters. The maximum absolute atomic E-state index is 11.7. The Morgan fingerprint density at radius 3 is 2.32 bits per heavy atom. The molecule has 1 aliphatic heterocycles. The number of aryl methyl sites for hydroxylation is 1. The standard InChI is InChI=1S/C19H33N5O2S.HI/c1-5-23-10-12-24(13-11-23)9-8-21-19(20-3)22-15-17-6-7-18(16(2)14-17)27(4,25)26;/h6-7,14H,5,8-13,15H2,1-4H3,(H2,20,21,22);1H. The lowest BCUT2D eigenvalue weighted by Gasteiger charge is -2.34. The van der Waals surface area contributed by atoms with Gasteiger partial charge in [0, 0.05) is 59.1 Å². The van der Waals surface area contributed by atoms with Gasteiger partial charge in [0.2, 0.25) is 0 Å². The van der Waals surface area contributed by atoms with Crippen LogP contribution in [0.2, 0.25) is 0 Å². The molecule has 1 aromatic carbocycles. The summed E-state index contributed by atoms with van der Waals surface area (Å²) < 4.78 is 23.4. The quantitative estimate of drug-likeness (QED) is 0.319. The molecule has 0 aromatic heterocycles. The Morgan fingerprint density at radius 1 is 1.14 bits per heavy atom. The van der Waals surface area contributed by atoms with Gasteiger partial charge in [-0.15, -0.1) is 24.0 Å². The topological polar surface area (TPSA) is 77.0 Å². The highest BCUT2D eigenvalue weighted by Gasteiger charge is 2.15. The van der Waals surface area contributed by atoms with Crippen molar-refractivity contribution >= 4 is 39.8 Å². The lowest BCUT2D eigenvalue weighted by atomic mass is 10.1.